The number of thiophene rings is 1. The van der Waals surface area contributed by atoms with Crippen molar-refractivity contribution < 1.29 is 0 Å². The van der Waals surface area contributed by atoms with Gasteiger partial charge in [-0.05, 0) is 64.8 Å². The number of nitrogens with two attached hydrogens (primary N) is 1. The number of rotatable bonds is 7. The van der Waals surface area contributed by atoms with Crippen molar-refractivity contribution in [1.82, 2.24) is 4.90 Å². The third-order valence-corrected chi connectivity index (χ3v) is 5.17. The zero-order valence-corrected chi connectivity index (χ0v) is 13.4. The lowest BCUT2D eigenvalue weighted by Gasteiger charge is -2.34. The van der Waals surface area contributed by atoms with E-state index in [0.717, 1.165) is 32.5 Å². The Morgan fingerprint density at radius 1 is 1.41 bits per heavy atom. The van der Waals surface area contributed by atoms with Gasteiger partial charge in [0.05, 0.1) is 3.79 Å². The van der Waals surface area contributed by atoms with Crippen LogP contribution >= 0.6 is 27.3 Å². The summed E-state index contributed by atoms with van der Waals surface area (Å²) < 4.78 is 1.21. The predicted octanol–water partition coefficient (Wildman–Crippen LogP) is 3.71. The van der Waals surface area contributed by atoms with Crippen molar-refractivity contribution in [2.45, 2.75) is 33.2 Å². The zero-order valence-electron chi connectivity index (χ0n) is 11.0. The molecule has 2 N–H and O–H groups in total. The Bertz CT molecular complexity index is 326. The standard InChI is InChI=1S/C13H23BrN2S/c1-4-13(5-2,9-15)10-16(3)7-11-6-12(14)17-8-11/h6,8H,4-5,7,9-10,15H2,1-3H3. The molecule has 1 aromatic heterocycles. The number of hydrogen-bond donors (Lipinski definition) is 1. The first-order chi connectivity index (χ1) is 8.05. The van der Waals surface area contributed by atoms with E-state index < -0.39 is 0 Å². The number of hydrogen-bond acceptors (Lipinski definition) is 3. The fraction of sp³-hybridized carbons (Fsp3) is 0.692. The second-order valence-corrected chi connectivity index (χ2v) is 7.13. The van der Waals surface area contributed by atoms with Crippen LogP contribution in [0.15, 0.2) is 15.2 Å². The van der Waals surface area contributed by atoms with Gasteiger partial charge in [0.1, 0.15) is 0 Å². The minimum Gasteiger partial charge on any atom is -0.330 e. The summed E-state index contributed by atoms with van der Waals surface area (Å²) in [6.45, 7) is 7.34. The summed E-state index contributed by atoms with van der Waals surface area (Å²) in [6.07, 6.45) is 2.30. The minimum atomic E-state index is 0.280. The van der Waals surface area contributed by atoms with Gasteiger partial charge >= 0.3 is 0 Å². The van der Waals surface area contributed by atoms with E-state index in [4.69, 9.17) is 5.73 Å². The second-order valence-electron chi connectivity index (χ2n) is 4.84. The Kier molecular flexibility index (Phi) is 6.13. The van der Waals surface area contributed by atoms with E-state index >= 15 is 0 Å². The molecule has 0 spiro atoms. The van der Waals surface area contributed by atoms with Gasteiger partial charge in [0.2, 0.25) is 0 Å². The Labute approximate surface area is 117 Å². The average molecular weight is 319 g/mol. The normalized spacial score (nSPS) is 12.4. The van der Waals surface area contributed by atoms with Gasteiger partial charge in [0, 0.05) is 13.1 Å². The van der Waals surface area contributed by atoms with Crippen LogP contribution in [0.1, 0.15) is 32.3 Å². The fourth-order valence-corrected chi connectivity index (χ4v) is 3.40. The summed E-state index contributed by atoms with van der Waals surface area (Å²) in [5.41, 5.74) is 7.60. The van der Waals surface area contributed by atoms with Gasteiger partial charge in [-0.3, -0.25) is 0 Å². The lowest BCUT2D eigenvalue weighted by Crippen LogP contribution is -2.40. The first-order valence-corrected chi connectivity index (χ1v) is 7.84. The second kappa shape index (κ2) is 6.88. The molecule has 1 rings (SSSR count). The van der Waals surface area contributed by atoms with Gasteiger partial charge in [-0.2, -0.15) is 0 Å². The van der Waals surface area contributed by atoms with Crippen LogP contribution in [0.3, 0.4) is 0 Å². The maximum absolute atomic E-state index is 5.94. The first-order valence-electron chi connectivity index (χ1n) is 6.16. The fourth-order valence-electron chi connectivity index (χ4n) is 2.20. The summed E-state index contributed by atoms with van der Waals surface area (Å²) in [7, 11) is 2.18. The SMILES string of the molecule is CCC(CC)(CN)CN(C)Cc1csc(Br)c1. The zero-order chi connectivity index (χ0) is 12.9. The van der Waals surface area contributed by atoms with Crippen LogP contribution in [-0.2, 0) is 6.54 Å². The van der Waals surface area contributed by atoms with E-state index in [2.05, 4.69) is 53.2 Å². The summed E-state index contributed by atoms with van der Waals surface area (Å²) in [5.74, 6) is 0. The quantitative estimate of drug-likeness (QED) is 0.830. The van der Waals surface area contributed by atoms with Crippen molar-refractivity contribution in [1.29, 1.82) is 0 Å². The Morgan fingerprint density at radius 2 is 2.06 bits per heavy atom. The van der Waals surface area contributed by atoms with Gasteiger partial charge < -0.3 is 10.6 Å². The lowest BCUT2D eigenvalue weighted by molar-refractivity contribution is 0.162. The van der Waals surface area contributed by atoms with Crippen LogP contribution in [0.5, 0.6) is 0 Å². The van der Waals surface area contributed by atoms with Crippen LogP contribution in [0, 0.1) is 5.41 Å². The van der Waals surface area contributed by atoms with Crippen molar-refractivity contribution in [3.8, 4) is 0 Å². The highest BCUT2D eigenvalue weighted by Crippen LogP contribution is 2.27. The van der Waals surface area contributed by atoms with E-state index in [9.17, 15) is 0 Å². The molecule has 17 heavy (non-hydrogen) atoms. The molecule has 0 radical (unpaired) electrons. The van der Waals surface area contributed by atoms with Gasteiger partial charge in [0.15, 0.2) is 0 Å². The summed E-state index contributed by atoms with van der Waals surface area (Å²) >= 11 is 5.25. The third kappa shape index (κ3) is 4.36. The van der Waals surface area contributed by atoms with Crippen LogP contribution in [0.25, 0.3) is 0 Å². The molecule has 0 fully saturated rings. The summed E-state index contributed by atoms with van der Waals surface area (Å²) in [5, 5.41) is 2.21. The molecule has 0 aliphatic heterocycles. The van der Waals surface area contributed by atoms with Crippen LogP contribution < -0.4 is 5.73 Å². The molecule has 1 aromatic rings. The highest BCUT2D eigenvalue weighted by atomic mass is 79.9. The third-order valence-electron chi connectivity index (χ3n) is 3.61. The summed E-state index contributed by atoms with van der Waals surface area (Å²) in [6, 6.07) is 2.20. The molecule has 0 atom stereocenters. The molecule has 0 unspecified atom stereocenters. The van der Waals surface area contributed by atoms with Crippen molar-refractivity contribution in [3.63, 3.8) is 0 Å². The highest BCUT2D eigenvalue weighted by Gasteiger charge is 2.25. The molecule has 98 valence electrons. The van der Waals surface area contributed by atoms with Crippen LogP contribution in [0.4, 0.5) is 0 Å². The highest BCUT2D eigenvalue weighted by molar-refractivity contribution is 9.11. The Balaban J connectivity index is 2.56. The van der Waals surface area contributed by atoms with Crippen molar-refractivity contribution in [3.05, 3.63) is 20.8 Å². The molecule has 1 heterocycles. The molecule has 0 aliphatic carbocycles. The number of nitrogens with zero attached hydrogens (tertiary/aromatic N) is 1. The lowest BCUT2D eigenvalue weighted by atomic mass is 9.82. The maximum Gasteiger partial charge on any atom is 0.0701 e. The van der Waals surface area contributed by atoms with Crippen LogP contribution in [-0.4, -0.2) is 25.0 Å². The molecular weight excluding hydrogens is 296 g/mol. The minimum absolute atomic E-state index is 0.280. The molecular formula is C13H23BrN2S. The topological polar surface area (TPSA) is 29.3 Å². The smallest absolute Gasteiger partial charge is 0.0701 e. The predicted molar refractivity (Wildman–Crippen MR) is 80.4 cm³/mol. The van der Waals surface area contributed by atoms with E-state index in [1.807, 2.05) is 0 Å². The molecule has 0 aliphatic rings. The van der Waals surface area contributed by atoms with Crippen molar-refractivity contribution in [2.24, 2.45) is 11.1 Å². The van der Waals surface area contributed by atoms with E-state index in [1.165, 1.54) is 9.35 Å². The van der Waals surface area contributed by atoms with Gasteiger partial charge in [0.25, 0.3) is 0 Å². The average Bonchev–Trinajstić information content (AvgIpc) is 2.72. The molecule has 0 amide bonds. The molecule has 0 saturated heterocycles. The van der Waals surface area contributed by atoms with Crippen LogP contribution in [0.2, 0.25) is 0 Å². The molecule has 2 nitrogen and oxygen atoms in total. The van der Waals surface area contributed by atoms with E-state index in [1.54, 1.807) is 11.3 Å². The van der Waals surface area contributed by atoms with Gasteiger partial charge in [-0.15, -0.1) is 11.3 Å². The Morgan fingerprint density at radius 3 is 2.47 bits per heavy atom. The molecule has 0 saturated carbocycles. The van der Waals surface area contributed by atoms with Crippen molar-refractivity contribution in [2.75, 3.05) is 20.1 Å². The monoisotopic (exact) mass is 318 g/mol. The Hall–Kier alpha value is 0.100. The van der Waals surface area contributed by atoms with E-state index in [-0.39, 0.29) is 5.41 Å². The molecule has 0 bridgehead atoms. The van der Waals surface area contributed by atoms with Gasteiger partial charge in [-0.25, -0.2) is 0 Å². The van der Waals surface area contributed by atoms with Gasteiger partial charge in [-0.1, -0.05) is 13.8 Å². The van der Waals surface area contributed by atoms with Crippen molar-refractivity contribution >= 4 is 27.3 Å². The maximum atomic E-state index is 5.94. The van der Waals surface area contributed by atoms with E-state index in [0.29, 0.717) is 0 Å². The largest absolute Gasteiger partial charge is 0.330 e. The molecule has 4 heteroatoms. The number of halogens is 1. The summed E-state index contributed by atoms with van der Waals surface area (Å²) in [4.78, 5) is 2.38. The first kappa shape index (κ1) is 15.2. The molecule has 0 aromatic carbocycles.